The minimum absolute atomic E-state index is 0.0583. The van der Waals surface area contributed by atoms with Gasteiger partial charge in [0, 0.05) is 25.2 Å². The van der Waals surface area contributed by atoms with E-state index in [1.165, 1.54) is 13.2 Å². The quantitative estimate of drug-likeness (QED) is 0.655. The van der Waals surface area contributed by atoms with E-state index in [-0.39, 0.29) is 12.5 Å². The van der Waals surface area contributed by atoms with Crippen LogP contribution in [-0.2, 0) is 11.3 Å². The molecule has 1 amide bonds. The molecule has 6 nitrogen and oxygen atoms in total. The third-order valence-corrected chi connectivity index (χ3v) is 4.12. The molecule has 0 N–H and O–H groups in total. The molecule has 0 aliphatic carbocycles. The van der Waals surface area contributed by atoms with Crippen molar-refractivity contribution in [2.75, 3.05) is 27.9 Å². The maximum Gasteiger partial charge on any atom is 0.246 e. The van der Waals surface area contributed by atoms with Crippen LogP contribution in [0.25, 0.3) is 6.08 Å². The average molecular weight is 380 g/mol. The summed E-state index contributed by atoms with van der Waals surface area (Å²) in [4.78, 5) is 14.1. The third kappa shape index (κ3) is 5.52. The Labute approximate surface area is 165 Å². The summed E-state index contributed by atoms with van der Waals surface area (Å²) in [6.07, 6.45) is 3.22. The van der Waals surface area contributed by atoms with Crippen molar-refractivity contribution in [3.05, 3.63) is 59.2 Å². The molecule has 0 saturated heterocycles. The number of nitriles is 1. The SMILES string of the molecule is COc1ccc(C)cc1CN(C)C(=O)/C=C/c1ccc(OCC#N)c(OC)c1. The first-order chi connectivity index (χ1) is 13.5. The first kappa shape index (κ1) is 20.8. The monoisotopic (exact) mass is 380 g/mol. The molecule has 0 saturated carbocycles. The predicted octanol–water partition coefficient (Wildman–Crippen LogP) is 3.59. The van der Waals surface area contributed by atoms with Gasteiger partial charge in [-0.3, -0.25) is 4.79 Å². The smallest absolute Gasteiger partial charge is 0.246 e. The number of likely N-dealkylation sites (N-methyl/N-ethyl adjacent to an activating group) is 1. The Kier molecular flexibility index (Phi) is 7.46. The van der Waals surface area contributed by atoms with E-state index in [0.717, 1.165) is 22.4 Å². The highest BCUT2D eigenvalue weighted by Gasteiger charge is 2.11. The number of rotatable bonds is 8. The molecule has 2 rings (SSSR count). The van der Waals surface area contributed by atoms with Gasteiger partial charge in [0.25, 0.3) is 0 Å². The van der Waals surface area contributed by atoms with Crippen molar-refractivity contribution in [1.82, 2.24) is 4.90 Å². The molecule has 0 atom stereocenters. The zero-order valence-electron chi connectivity index (χ0n) is 16.6. The summed E-state index contributed by atoms with van der Waals surface area (Å²) in [6, 6.07) is 13.1. The normalized spacial score (nSPS) is 10.4. The molecule has 0 unspecified atom stereocenters. The molecule has 2 aromatic rings. The van der Waals surface area contributed by atoms with E-state index >= 15 is 0 Å². The Morgan fingerprint density at radius 2 is 1.82 bits per heavy atom. The van der Waals surface area contributed by atoms with Crippen LogP contribution >= 0.6 is 0 Å². The predicted molar refractivity (Wildman–Crippen MR) is 107 cm³/mol. The Hall–Kier alpha value is -3.46. The molecule has 0 radical (unpaired) electrons. The van der Waals surface area contributed by atoms with E-state index in [9.17, 15) is 4.79 Å². The molecule has 6 heteroatoms. The highest BCUT2D eigenvalue weighted by atomic mass is 16.5. The van der Waals surface area contributed by atoms with E-state index < -0.39 is 0 Å². The van der Waals surface area contributed by atoms with Crippen LogP contribution in [0.5, 0.6) is 17.2 Å². The van der Waals surface area contributed by atoms with Crippen LogP contribution < -0.4 is 14.2 Å². The summed E-state index contributed by atoms with van der Waals surface area (Å²) in [5, 5.41) is 8.62. The highest BCUT2D eigenvalue weighted by Crippen LogP contribution is 2.28. The van der Waals surface area contributed by atoms with E-state index in [4.69, 9.17) is 19.5 Å². The average Bonchev–Trinajstić information content (AvgIpc) is 2.70. The second kappa shape index (κ2) is 10.0. The first-order valence-corrected chi connectivity index (χ1v) is 8.73. The Balaban J connectivity index is 2.08. The van der Waals surface area contributed by atoms with Crippen LogP contribution in [0, 0.1) is 18.3 Å². The van der Waals surface area contributed by atoms with Crippen molar-refractivity contribution in [3.63, 3.8) is 0 Å². The molecule has 0 bridgehead atoms. The van der Waals surface area contributed by atoms with E-state index in [0.29, 0.717) is 18.0 Å². The van der Waals surface area contributed by atoms with Crippen molar-refractivity contribution in [2.24, 2.45) is 0 Å². The molecule has 2 aromatic carbocycles. The third-order valence-electron chi connectivity index (χ3n) is 4.12. The van der Waals surface area contributed by atoms with E-state index in [2.05, 4.69) is 0 Å². The molecule has 0 heterocycles. The lowest BCUT2D eigenvalue weighted by Gasteiger charge is -2.17. The molecule has 0 aliphatic heterocycles. The van der Waals surface area contributed by atoms with Crippen LogP contribution in [0.15, 0.2) is 42.5 Å². The molecular weight excluding hydrogens is 356 g/mol. The van der Waals surface area contributed by atoms with Gasteiger partial charge >= 0.3 is 0 Å². The second-order valence-electron chi connectivity index (χ2n) is 6.20. The standard InChI is InChI=1S/C22H24N2O4/c1-16-5-8-19(26-3)18(13-16)15-24(2)22(25)10-7-17-6-9-20(28-12-11-23)21(14-17)27-4/h5-10,13-14H,12,15H2,1-4H3/b10-7+. The molecule has 0 fully saturated rings. The van der Waals surface area contributed by atoms with Gasteiger partial charge in [-0.1, -0.05) is 23.8 Å². The number of hydrogen-bond acceptors (Lipinski definition) is 5. The van der Waals surface area contributed by atoms with E-state index in [1.54, 1.807) is 43.3 Å². The van der Waals surface area contributed by atoms with Crippen LogP contribution in [-0.4, -0.2) is 38.7 Å². The number of aryl methyl sites for hydroxylation is 1. The zero-order chi connectivity index (χ0) is 20.5. The molecule has 0 spiro atoms. The number of ether oxygens (including phenoxy) is 3. The summed E-state index contributed by atoms with van der Waals surface area (Å²) < 4.78 is 15.9. The van der Waals surface area contributed by atoms with Crippen molar-refractivity contribution in [3.8, 4) is 23.3 Å². The van der Waals surface area contributed by atoms with Crippen LogP contribution in [0.3, 0.4) is 0 Å². The zero-order valence-corrected chi connectivity index (χ0v) is 16.6. The molecular formula is C22H24N2O4. The van der Waals surface area contributed by atoms with Crippen molar-refractivity contribution < 1.29 is 19.0 Å². The van der Waals surface area contributed by atoms with Crippen LogP contribution in [0.1, 0.15) is 16.7 Å². The van der Waals surface area contributed by atoms with Crippen molar-refractivity contribution >= 4 is 12.0 Å². The van der Waals surface area contributed by atoms with E-state index in [1.807, 2.05) is 31.2 Å². The fourth-order valence-corrected chi connectivity index (χ4v) is 2.68. The Bertz CT molecular complexity index is 900. The highest BCUT2D eigenvalue weighted by molar-refractivity contribution is 5.91. The van der Waals surface area contributed by atoms with Crippen LogP contribution in [0.2, 0.25) is 0 Å². The Morgan fingerprint density at radius 1 is 1.11 bits per heavy atom. The summed E-state index contributed by atoms with van der Waals surface area (Å²) in [6.45, 7) is 2.39. The number of benzene rings is 2. The summed E-state index contributed by atoms with van der Waals surface area (Å²) in [5.74, 6) is 1.61. The minimum Gasteiger partial charge on any atom is -0.496 e. The minimum atomic E-state index is -0.132. The van der Waals surface area contributed by atoms with Crippen LogP contribution in [0.4, 0.5) is 0 Å². The van der Waals surface area contributed by atoms with Gasteiger partial charge < -0.3 is 19.1 Å². The van der Waals surface area contributed by atoms with Gasteiger partial charge in [-0.05, 0) is 36.8 Å². The number of nitrogens with zero attached hydrogens (tertiary/aromatic N) is 2. The first-order valence-electron chi connectivity index (χ1n) is 8.73. The number of carbonyl (C=O) groups excluding carboxylic acids is 1. The van der Waals surface area contributed by atoms with Gasteiger partial charge in [-0.2, -0.15) is 5.26 Å². The van der Waals surface area contributed by atoms with Gasteiger partial charge in [0.1, 0.15) is 11.8 Å². The maximum atomic E-state index is 12.5. The summed E-state index contributed by atoms with van der Waals surface area (Å²) in [7, 11) is 4.89. The lowest BCUT2D eigenvalue weighted by molar-refractivity contribution is -0.125. The fourth-order valence-electron chi connectivity index (χ4n) is 2.68. The van der Waals surface area contributed by atoms with Gasteiger partial charge in [0.15, 0.2) is 18.1 Å². The largest absolute Gasteiger partial charge is 0.496 e. The van der Waals surface area contributed by atoms with Gasteiger partial charge in [0.05, 0.1) is 14.2 Å². The Morgan fingerprint density at radius 3 is 2.50 bits per heavy atom. The van der Waals surface area contributed by atoms with Gasteiger partial charge in [0.2, 0.25) is 5.91 Å². The topological polar surface area (TPSA) is 71.8 Å². The lowest BCUT2D eigenvalue weighted by atomic mass is 10.1. The van der Waals surface area contributed by atoms with Crippen molar-refractivity contribution in [1.29, 1.82) is 5.26 Å². The number of methoxy groups -OCH3 is 2. The summed E-state index contributed by atoms with van der Waals surface area (Å²) >= 11 is 0. The summed E-state index contributed by atoms with van der Waals surface area (Å²) in [5.41, 5.74) is 2.85. The molecule has 0 aromatic heterocycles. The van der Waals surface area contributed by atoms with Crippen molar-refractivity contribution in [2.45, 2.75) is 13.5 Å². The lowest BCUT2D eigenvalue weighted by Crippen LogP contribution is -2.24. The van der Waals surface area contributed by atoms with Gasteiger partial charge in [-0.15, -0.1) is 0 Å². The molecule has 146 valence electrons. The fraction of sp³-hybridized carbons (Fsp3) is 0.273. The number of hydrogen-bond donors (Lipinski definition) is 0. The number of carbonyl (C=O) groups is 1. The maximum absolute atomic E-state index is 12.5. The second-order valence-corrected chi connectivity index (χ2v) is 6.20. The molecule has 28 heavy (non-hydrogen) atoms. The molecule has 0 aliphatic rings. The number of amides is 1. The van der Waals surface area contributed by atoms with Gasteiger partial charge in [-0.25, -0.2) is 0 Å².